The third-order valence-electron chi connectivity index (χ3n) is 7.36. The van der Waals surface area contributed by atoms with Crippen LogP contribution in [0.3, 0.4) is 0 Å². The Bertz CT molecular complexity index is 816. The summed E-state index contributed by atoms with van der Waals surface area (Å²) in [6.07, 6.45) is 3.92. The van der Waals surface area contributed by atoms with E-state index in [0.717, 1.165) is 57.9 Å². The van der Waals surface area contributed by atoms with E-state index in [9.17, 15) is 4.79 Å². The third kappa shape index (κ3) is 5.65. The number of aryl methyl sites for hydroxylation is 1. The van der Waals surface area contributed by atoms with Crippen LogP contribution in [0, 0.1) is 6.92 Å². The minimum absolute atomic E-state index is 0.0624. The molecule has 0 bridgehead atoms. The second kappa shape index (κ2) is 9.45. The lowest BCUT2D eigenvalue weighted by Gasteiger charge is -2.49. The number of carbonyl (C=O) groups is 1. The molecule has 1 amide bonds. The first-order chi connectivity index (χ1) is 15.5. The van der Waals surface area contributed by atoms with E-state index >= 15 is 0 Å². The fraction of sp³-hybridized carbons (Fsp3) is 0.840. The zero-order valence-electron chi connectivity index (χ0n) is 21.5. The molecule has 8 nitrogen and oxygen atoms in total. The Balaban J connectivity index is 1.38. The molecular weight excluding hydrogens is 418 g/mol. The molecule has 4 heterocycles. The predicted molar refractivity (Wildman–Crippen MR) is 130 cm³/mol. The molecule has 3 saturated heterocycles. The van der Waals surface area contributed by atoms with E-state index in [1.54, 1.807) is 0 Å². The van der Waals surface area contributed by atoms with Gasteiger partial charge in [0.05, 0.1) is 19.3 Å². The molecule has 1 aromatic heterocycles. The van der Waals surface area contributed by atoms with Crippen LogP contribution >= 0.6 is 0 Å². The molecule has 0 aromatic carbocycles. The van der Waals surface area contributed by atoms with E-state index < -0.39 is 5.60 Å². The van der Waals surface area contributed by atoms with Gasteiger partial charge in [0.1, 0.15) is 5.60 Å². The normalized spacial score (nSPS) is 25.3. The van der Waals surface area contributed by atoms with Crippen LogP contribution in [-0.2, 0) is 9.47 Å². The van der Waals surface area contributed by atoms with Crippen LogP contribution in [-0.4, -0.2) is 88.8 Å². The number of morpholine rings is 1. The lowest BCUT2D eigenvalue weighted by molar-refractivity contribution is 0.00448. The van der Waals surface area contributed by atoms with Gasteiger partial charge in [0.15, 0.2) is 5.82 Å². The Kier molecular flexibility index (Phi) is 6.97. The van der Waals surface area contributed by atoms with Gasteiger partial charge >= 0.3 is 6.09 Å². The molecule has 0 radical (unpaired) electrons. The molecule has 3 aliphatic rings. The van der Waals surface area contributed by atoms with Gasteiger partial charge in [-0.3, -0.25) is 9.58 Å². The standard InChI is InChI=1S/C25H43N5O3/c1-19-17-22(29-12-9-21(18-25(29,5)6)27-13-15-32-16-14-27)26-30(19)20-7-10-28(11-8-20)23(31)33-24(2,3)4/h17,20-21H,7-16,18H2,1-6H3. The maximum atomic E-state index is 12.4. The van der Waals surface area contributed by atoms with Crippen LogP contribution in [0.15, 0.2) is 6.07 Å². The molecule has 0 aliphatic carbocycles. The molecule has 33 heavy (non-hydrogen) atoms. The number of ether oxygens (including phenoxy) is 2. The van der Waals surface area contributed by atoms with Gasteiger partial charge in [-0.05, 0) is 67.2 Å². The molecule has 3 aliphatic heterocycles. The SMILES string of the molecule is Cc1cc(N2CCC(N3CCOCC3)CC2(C)C)nn1C1CCN(C(=O)OC(C)(C)C)CC1. The van der Waals surface area contributed by atoms with Crippen LogP contribution in [0.4, 0.5) is 10.6 Å². The Morgan fingerprint density at radius 2 is 1.70 bits per heavy atom. The highest BCUT2D eigenvalue weighted by Gasteiger charge is 2.39. The largest absolute Gasteiger partial charge is 0.444 e. The van der Waals surface area contributed by atoms with Crippen molar-refractivity contribution in [1.82, 2.24) is 19.6 Å². The Labute approximate surface area is 199 Å². The van der Waals surface area contributed by atoms with Gasteiger partial charge in [-0.25, -0.2) is 4.79 Å². The topological polar surface area (TPSA) is 63.1 Å². The minimum atomic E-state index is -0.455. The summed E-state index contributed by atoms with van der Waals surface area (Å²) in [7, 11) is 0. The van der Waals surface area contributed by atoms with Crippen LogP contribution in [0.25, 0.3) is 0 Å². The van der Waals surface area contributed by atoms with E-state index in [0.29, 0.717) is 25.2 Å². The first-order valence-electron chi connectivity index (χ1n) is 12.7. The fourth-order valence-corrected chi connectivity index (χ4v) is 5.64. The summed E-state index contributed by atoms with van der Waals surface area (Å²) < 4.78 is 13.3. The Morgan fingerprint density at radius 1 is 1.06 bits per heavy atom. The van der Waals surface area contributed by atoms with E-state index in [1.807, 2.05) is 25.7 Å². The van der Waals surface area contributed by atoms with Crippen molar-refractivity contribution in [2.75, 3.05) is 50.8 Å². The quantitative estimate of drug-likeness (QED) is 0.682. The third-order valence-corrected chi connectivity index (χ3v) is 7.36. The lowest BCUT2D eigenvalue weighted by Crippen LogP contribution is -2.57. The summed E-state index contributed by atoms with van der Waals surface area (Å²) >= 11 is 0. The molecular formula is C25H43N5O3. The van der Waals surface area contributed by atoms with Crippen molar-refractivity contribution in [3.63, 3.8) is 0 Å². The highest BCUT2D eigenvalue weighted by molar-refractivity contribution is 5.68. The Hall–Kier alpha value is -1.80. The van der Waals surface area contributed by atoms with Crippen molar-refractivity contribution < 1.29 is 14.3 Å². The number of carbonyl (C=O) groups excluding carboxylic acids is 1. The summed E-state index contributed by atoms with van der Waals surface area (Å²) in [5, 5.41) is 5.09. The summed E-state index contributed by atoms with van der Waals surface area (Å²) in [6.45, 7) is 18.9. The van der Waals surface area contributed by atoms with Crippen molar-refractivity contribution in [3.8, 4) is 0 Å². The van der Waals surface area contributed by atoms with E-state index in [1.165, 1.54) is 12.1 Å². The number of rotatable bonds is 3. The van der Waals surface area contributed by atoms with Gasteiger partial charge in [0.2, 0.25) is 0 Å². The predicted octanol–water partition coefficient (Wildman–Crippen LogP) is 3.84. The molecule has 3 fully saturated rings. The van der Waals surface area contributed by atoms with Gasteiger partial charge in [0, 0.05) is 56.1 Å². The average molecular weight is 462 g/mol. The van der Waals surface area contributed by atoms with Crippen molar-refractivity contribution in [2.45, 2.75) is 90.4 Å². The summed E-state index contributed by atoms with van der Waals surface area (Å²) in [5.74, 6) is 1.09. The highest BCUT2D eigenvalue weighted by atomic mass is 16.6. The van der Waals surface area contributed by atoms with Gasteiger partial charge in [0.25, 0.3) is 0 Å². The van der Waals surface area contributed by atoms with Crippen molar-refractivity contribution in [3.05, 3.63) is 11.8 Å². The molecule has 1 atom stereocenters. The monoisotopic (exact) mass is 461 g/mol. The second-order valence-electron chi connectivity index (χ2n) is 11.5. The number of likely N-dealkylation sites (tertiary alicyclic amines) is 1. The number of hydrogen-bond donors (Lipinski definition) is 0. The number of aromatic nitrogens is 2. The Morgan fingerprint density at radius 3 is 2.30 bits per heavy atom. The maximum absolute atomic E-state index is 12.4. The smallest absolute Gasteiger partial charge is 0.410 e. The molecule has 1 unspecified atom stereocenters. The van der Waals surface area contributed by atoms with Gasteiger partial charge in [-0.15, -0.1) is 0 Å². The molecule has 0 saturated carbocycles. The van der Waals surface area contributed by atoms with Crippen LogP contribution in [0.5, 0.6) is 0 Å². The van der Waals surface area contributed by atoms with Gasteiger partial charge < -0.3 is 19.3 Å². The molecule has 1 aromatic rings. The fourth-order valence-electron chi connectivity index (χ4n) is 5.64. The summed E-state index contributed by atoms with van der Waals surface area (Å²) in [6, 6.07) is 3.20. The van der Waals surface area contributed by atoms with Crippen LogP contribution in [0.2, 0.25) is 0 Å². The minimum Gasteiger partial charge on any atom is -0.444 e. The van der Waals surface area contributed by atoms with Crippen molar-refractivity contribution in [1.29, 1.82) is 0 Å². The van der Waals surface area contributed by atoms with Crippen molar-refractivity contribution >= 4 is 11.9 Å². The summed E-state index contributed by atoms with van der Waals surface area (Å²) in [4.78, 5) is 19.4. The van der Waals surface area contributed by atoms with E-state index in [-0.39, 0.29) is 11.6 Å². The van der Waals surface area contributed by atoms with Gasteiger partial charge in [-0.1, -0.05) is 0 Å². The maximum Gasteiger partial charge on any atom is 0.410 e. The number of piperidine rings is 2. The summed E-state index contributed by atoms with van der Waals surface area (Å²) in [5.41, 5.74) is 0.808. The molecule has 8 heteroatoms. The lowest BCUT2D eigenvalue weighted by atomic mass is 9.86. The average Bonchev–Trinajstić information content (AvgIpc) is 3.13. The number of anilines is 1. The molecule has 0 N–H and O–H groups in total. The van der Waals surface area contributed by atoms with E-state index in [4.69, 9.17) is 14.6 Å². The highest BCUT2D eigenvalue weighted by Crippen LogP contribution is 2.35. The second-order valence-corrected chi connectivity index (χ2v) is 11.5. The molecule has 186 valence electrons. The van der Waals surface area contributed by atoms with Crippen LogP contribution < -0.4 is 4.90 Å². The molecule has 4 rings (SSSR count). The first kappa shape index (κ1) is 24.3. The van der Waals surface area contributed by atoms with Crippen LogP contribution in [0.1, 0.15) is 72.0 Å². The van der Waals surface area contributed by atoms with Gasteiger partial charge in [-0.2, -0.15) is 5.10 Å². The zero-order chi connectivity index (χ0) is 23.8. The zero-order valence-corrected chi connectivity index (χ0v) is 21.5. The first-order valence-corrected chi connectivity index (χ1v) is 12.7. The number of amides is 1. The number of nitrogens with zero attached hydrogens (tertiary/aromatic N) is 5. The number of hydrogen-bond acceptors (Lipinski definition) is 6. The molecule has 0 spiro atoms. The van der Waals surface area contributed by atoms with E-state index in [2.05, 4.69) is 41.3 Å². The van der Waals surface area contributed by atoms with Crippen molar-refractivity contribution in [2.24, 2.45) is 0 Å².